The highest BCUT2D eigenvalue weighted by molar-refractivity contribution is 6.31. The van der Waals surface area contributed by atoms with Crippen molar-refractivity contribution in [3.05, 3.63) is 43.0 Å². The fraction of sp³-hybridized carbons (Fsp3) is 0.500. The van der Waals surface area contributed by atoms with Crippen molar-refractivity contribution in [3.8, 4) is 0 Å². The lowest BCUT2D eigenvalue weighted by Gasteiger charge is -2.18. The zero-order valence-corrected chi connectivity index (χ0v) is 11.2. The molecule has 108 valence electrons. The zero-order valence-electron chi connectivity index (χ0n) is 10.5. The van der Waals surface area contributed by atoms with Gasteiger partial charge >= 0.3 is 5.69 Å². The van der Waals surface area contributed by atoms with Gasteiger partial charge in [-0.15, -0.1) is 0 Å². The second-order valence-electron chi connectivity index (χ2n) is 3.99. The lowest BCUT2D eigenvalue weighted by Crippen LogP contribution is -2.20. The number of halogens is 1. The van der Waals surface area contributed by atoms with Gasteiger partial charge < -0.3 is 10.2 Å². The van der Waals surface area contributed by atoms with E-state index < -0.39 is 22.8 Å². The summed E-state index contributed by atoms with van der Waals surface area (Å²) in [5.74, 6) is 0. The fourth-order valence-electron chi connectivity index (χ4n) is 1.61. The van der Waals surface area contributed by atoms with Gasteiger partial charge in [0.15, 0.2) is 0 Å². The molecule has 0 aromatic carbocycles. The van der Waals surface area contributed by atoms with E-state index in [-0.39, 0.29) is 29.4 Å². The van der Waals surface area contributed by atoms with Gasteiger partial charge in [0, 0.05) is 28.8 Å². The molecule has 2 unspecified atom stereocenters. The van der Waals surface area contributed by atoms with Crippen LogP contribution in [0.2, 0.25) is 5.15 Å². The van der Waals surface area contributed by atoms with Gasteiger partial charge in [-0.1, -0.05) is 16.7 Å². The molecule has 0 bridgehead atoms. The van der Waals surface area contributed by atoms with Crippen LogP contribution in [0.15, 0.2) is 11.2 Å². The van der Waals surface area contributed by atoms with Gasteiger partial charge in [-0.3, -0.25) is 10.1 Å². The maximum absolute atomic E-state index is 10.8. The molecule has 1 rings (SSSR count). The van der Waals surface area contributed by atoms with E-state index in [1.54, 1.807) is 0 Å². The van der Waals surface area contributed by atoms with E-state index in [9.17, 15) is 20.3 Å². The molecule has 0 aliphatic heterocycles. The molecule has 0 amide bonds. The van der Waals surface area contributed by atoms with Crippen LogP contribution >= 0.6 is 11.6 Å². The number of aryl methyl sites for hydroxylation is 1. The third kappa shape index (κ3) is 3.78. The quantitative estimate of drug-likeness (QED) is 0.206. The molecule has 2 atom stereocenters. The van der Waals surface area contributed by atoms with Gasteiger partial charge in [-0.05, 0) is 18.9 Å². The summed E-state index contributed by atoms with van der Waals surface area (Å²) in [7, 11) is 0. The SMILES string of the molecule is Cc1nc(Cl)c([N+](=O)[O-])cc1C(O)C(O)CCN=[N+]=[N-]. The molecule has 10 heteroatoms. The van der Waals surface area contributed by atoms with Crippen molar-refractivity contribution < 1.29 is 15.1 Å². The molecule has 2 N–H and O–H groups in total. The highest BCUT2D eigenvalue weighted by Gasteiger charge is 2.25. The lowest BCUT2D eigenvalue weighted by atomic mass is 10.0. The van der Waals surface area contributed by atoms with E-state index in [1.807, 2.05) is 0 Å². The Morgan fingerprint density at radius 2 is 2.30 bits per heavy atom. The molecule has 0 spiro atoms. The maximum Gasteiger partial charge on any atom is 0.306 e. The number of nitrogens with zero attached hydrogens (tertiary/aromatic N) is 5. The average molecular weight is 302 g/mol. The molecule has 20 heavy (non-hydrogen) atoms. The summed E-state index contributed by atoms with van der Waals surface area (Å²) >= 11 is 5.63. The minimum Gasteiger partial charge on any atom is -0.390 e. The van der Waals surface area contributed by atoms with Crippen molar-refractivity contribution in [2.24, 2.45) is 5.11 Å². The molecule has 9 nitrogen and oxygen atoms in total. The summed E-state index contributed by atoms with van der Waals surface area (Å²) in [6.45, 7) is 1.51. The Balaban J connectivity index is 3.02. The zero-order chi connectivity index (χ0) is 15.3. The molecule has 1 aromatic rings. The van der Waals surface area contributed by atoms with Crippen LogP contribution < -0.4 is 0 Å². The predicted molar refractivity (Wildman–Crippen MR) is 70.2 cm³/mol. The lowest BCUT2D eigenvalue weighted by molar-refractivity contribution is -0.385. The number of pyridine rings is 1. The smallest absolute Gasteiger partial charge is 0.306 e. The molecular formula is C10H12ClN5O4. The Morgan fingerprint density at radius 3 is 2.85 bits per heavy atom. The van der Waals surface area contributed by atoms with Crippen molar-refractivity contribution in [1.29, 1.82) is 0 Å². The van der Waals surface area contributed by atoms with Crippen LogP contribution in [0.3, 0.4) is 0 Å². The first-order valence-electron chi connectivity index (χ1n) is 5.57. The second kappa shape index (κ2) is 7.01. The fourth-order valence-corrected chi connectivity index (χ4v) is 1.86. The first-order valence-corrected chi connectivity index (χ1v) is 5.94. The number of hydrogen-bond acceptors (Lipinski definition) is 6. The van der Waals surface area contributed by atoms with Crippen LogP contribution in [0, 0.1) is 17.0 Å². The monoisotopic (exact) mass is 301 g/mol. The molecule has 0 saturated carbocycles. The molecule has 0 radical (unpaired) electrons. The average Bonchev–Trinajstić information content (AvgIpc) is 2.37. The van der Waals surface area contributed by atoms with E-state index in [1.165, 1.54) is 6.92 Å². The van der Waals surface area contributed by atoms with E-state index in [0.717, 1.165) is 6.07 Å². The minimum atomic E-state index is -1.38. The highest BCUT2D eigenvalue weighted by Crippen LogP contribution is 2.29. The number of aliphatic hydroxyl groups is 2. The summed E-state index contributed by atoms with van der Waals surface area (Å²) in [6, 6.07) is 1.08. The number of aliphatic hydroxyl groups excluding tert-OH is 2. The van der Waals surface area contributed by atoms with Crippen LogP contribution in [0.25, 0.3) is 10.4 Å². The summed E-state index contributed by atoms with van der Waals surface area (Å²) in [5.41, 5.74) is 8.05. The number of rotatable bonds is 6. The summed E-state index contributed by atoms with van der Waals surface area (Å²) < 4.78 is 0. The third-order valence-electron chi connectivity index (χ3n) is 2.66. The Morgan fingerprint density at radius 1 is 1.65 bits per heavy atom. The predicted octanol–water partition coefficient (Wildman–Crippen LogP) is 2.05. The number of aromatic nitrogens is 1. The van der Waals surface area contributed by atoms with Gasteiger partial charge in [0.2, 0.25) is 5.15 Å². The second-order valence-corrected chi connectivity index (χ2v) is 4.34. The van der Waals surface area contributed by atoms with E-state index in [4.69, 9.17) is 17.1 Å². The van der Waals surface area contributed by atoms with E-state index in [0.29, 0.717) is 0 Å². The Bertz CT molecular complexity index is 561. The molecule has 1 aromatic heterocycles. The maximum atomic E-state index is 10.8. The van der Waals surface area contributed by atoms with Gasteiger partial charge in [0.1, 0.15) is 6.10 Å². The molecule has 0 aliphatic rings. The van der Waals surface area contributed by atoms with Gasteiger partial charge in [0.05, 0.1) is 11.0 Å². The number of hydrogen-bond donors (Lipinski definition) is 2. The van der Waals surface area contributed by atoms with Crippen molar-refractivity contribution in [2.45, 2.75) is 25.6 Å². The molecule has 0 aliphatic carbocycles. The van der Waals surface area contributed by atoms with Crippen LogP contribution in [0.1, 0.15) is 23.8 Å². The molecular weight excluding hydrogens is 290 g/mol. The number of azide groups is 1. The van der Waals surface area contributed by atoms with Crippen LogP contribution in [0.4, 0.5) is 5.69 Å². The van der Waals surface area contributed by atoms with Crippen molar-refractivity contribution in [3.63, 3.8) is 0 Å². The van der Waals surface area contributed by atoms with Gasteiger partial charge in [-0.25, -0.2) is 4.98 Å². The number of nitro groups is 1. The first-order chi connectivity index (χ1) is 9.38. The van der Waals surface area contributed by atoms with Crippen molar-refractivity contribution >= 4 is 17.3 Å². The van der Waals surface area contributed by atoms with Crippen molar-refractivity contribution in [2.75, 3.05) is 6.54 Å². The Hall–Kier alpha value is -1.93. The van der Waals surface area contributed by atoms with Crippen LogP contribution in [-0.4, -0.2) is 32.8 Å². The van der Waals surface area contributed by atoms with Crippen molar-refractivity contribution in [1.82, 2.24) is 4.98 Å². The summed E-state index contributed by atoms with van der Waals surface area (Å²) in [4.78, 5) is 16.3. The van der Waals surface area contributed by atoms with Crippen LogP contribution in [0.5, 0.6) is 0 Å². The molecule has 0 saturated heterocycles. The summed E-state index contributed by atoms with van der Waals surface area (Å²) in [6.07, 6.45) is -2.60. The van der Waals surface area contributed by atoms with Crippen LogP contribution in [-0.2, 0) is 0 Å². The molecule has 0 fully saturated rings. The Kier molecular flexibility index (Phi) is 5.66. The topological polar surface area (TPSA) is 145 Å². The Labute approximate surface area is 118 Å². The largest absolute Gasteiger partial charge is 0.390 e. The highest BCUT2D eigenvalue weighted by atomic mass is 35.5. The standard InChI is InChI=1S/C10H12ClN5O4/c1-5-6(4-7(16(19)20)10(11)14-5)9(18)8(17)2-3-13-15-12/h4,8-9,17-18H,2-3H2,1H3. The van der Waals surface area contributed by atoms with Gasteiger partial charge in [0.25, 0.3) is 0 Å². The molecule has 1 heterocycles. The van der Waals surface area contributed by atoms with E-state index in [2.05, 4.69) is 15.0 Å². The summed E-state index contributed by atoms with van der Waals surface area (Å²) in [5, 5.41) is 33.5. The normalized spacial score (nSPS) is 13.4. The third-order valence-corrected chi connectivity index (χ3v) is 2.93. The first kappa shape index (κ1) is 16.1. The van der Waals surface area contributed by atoms with Gasteiger partial charge in [-0.2, -0.15) is 0 Å². The van der Waals surface area contributed by atoms with E-state index >= 15 is 0 Å². The minimum absolute atomic E-state index is 0.00309.